The standard InChI is InChI=1S/C22H14O5S/c23-21(24)15-9-1-5-13-7-3-11-17(19(13)15)28(27)18-12-4-8-14-6-2-10-16(20(14)18)22(25)26/h1-12H,(H,23,24)(H,25,26). The van der Waals surface area contributed by atoms with Crippen molar-refractivity contribution < 1.29 is 24.0 Å². The Balaban J connectivity index is 2.05. The molecular weight excluding hydrogens is 376 g/mol. The number of carboxylic acids is 2. The van der Waals surface area contributed by atoms with Gasteiger partial charge in [-0.15, -0.1) is 0 Å². The van der Waals surface area contributed by atoms with E-state index in [0.29, 0.717) is 31.3 Å². The summed E-state index contributed by atoms with van der Waals surface area (Å²) in [5.74, 6) is -2.22. The largest absolute Gasteiger partial charge is 0.478 e. The third kappa shape index (κ3) is 2.84. The van der Waals surface area contributed by atoms with E-state index in [4.69, 9.17) is 0 Å². The van der Waals surface area contributed by atoms with Crippen LogP contribution in [0.5, 0.6) is 0 Å². The number of benzene rings is 4. The van der Waals surface area contributed by atoms with Crippen LogP contribution >= 0.6 is 0 Å². The van der Waals surface area contributed by atoms with Crippen molar-refractivity contribution in [3.63, 3.8) is 0 Å². The quantitative estimate of drug-likeness (QED) is 0.533. The maximum absolute atomic E-state index is 13.5. The first-order valence-electron chi connectivity index (χ1n) is 8.41. The molecule has 0 aliphatic rings. The molecule has 4 rings (SSSR count). The number of rotatable bonds is 4. The fourth-order valence-electron chi connectivity index (χ4n) is 3.40. The fourth-order valence-corrected chi connectivity index (χ4v) is 4.86. The van der Waals surface area contributed by atoms with E-state index in [1.54, 1.807) is 60.7 Å². The fraction of sp³-hybridized carbons (Fsp3) is 0. The molecule has 0 atom stereocenters. The van der Waals surface area contributed by atoms with Crippen molar-refractivity contribution in [3.8, 4) is 0 Å². The normalized spacial score (nSPS) is 11.2. The summed E-state index contributed by atoms with van der Waals surface area (Å²) in [6.45, 7) is 0. The zero-order valence-corrected chi connectivity index (χ0v) is 15.3. The summed E-state index contributed by atoms with van der Waals surface area (Å²) in [5.41, 5.74) is 0.111. The van der Waals surface area contributed by atoms with Gasteiger partial charge in [-0.2, -0.15) is 0 Å². The zero-order chi connectivity index (χ0) is 19.8. The minimum absolute atomic E-state index is 0.0557. The van der Waals surface area contributed by atoms with Crippen molar-refractivity contribution >= 4 is 44.3 Å². The number of aromatic carboxylic acids is 2. The van der Waals surface area contributed by atoms with Gasteiger partial charge in [0.25, 0.3) is 0 Å². The topological polar surface area (TPSA) is 91.7 Å². The molecule has 0 aromatic heterocycles. The molecule has 28 heavy (non-hydrogen) atoms. The van der Waals surface area contributed by atoms with Gasteiger partial charge < -0.3 is 10.2 Å². The van der Waals surface area contributed by atoms with E-state index in [1.165, 1.54) is 12.1 Å². The Morgan fingerprint density at radius 2 is 0.964 bits per heavy atom. The third-order valence-corrected chi connectivity index (χ3v) is 6.07. The number of fused-ring (bicyclic) bond motifs is 2. The van der Waals surface area contributed by atoms with Crippen LogP contribution < -0.4 is 0 Å². The van der Waals surface area contributed by atoms with E-state index in [2.05, 4.69) is 0 Å². The first-order valence-corrected chi connectivity index (χ1v) is 9.56. The van der Waals surface area contributed by atoms with Gasteiger partial charge in [0.15, 0.2) is 0 Å². The molecule has 4 aromatic rings. The van der Waals surface area contributed by atoms with Gasteiger partial charge in [0, 0.05) is 10.8 Å². The van der Waals surface area contributed by atoms with Gasteiger partial charge in [-0.1, -0.05) is 48.5 Å². The van der Waals surface area contributed by atoms with Crippen LogP contribution in [0, 0.1) is 0 Å². The second-order valence-electron chi connectivity index (χ2n) is 6.20. The van der Waals surface area contributed by atoms with Gasteiger partial charge in [-0.3, -0.25) is 0 Å². The molecule has 0 unspecified atom stereocenters. The van der Waals surface area contributed by atoms with E-state index >= 15 is 0 Å². The summed E-state index contributed by atoms with van der Waals surface area (Å²) < 4.78 is 13.5. The van der Waals surface area contributed by atoms with Crippen molar-refractivity contribution in [2.24, 2.45) is 0 Å². The highest BCUT2D eigenvalue weighted by Crippen LogP contribution is 2.33. The maximum Gasteiger partial charge on any atom is 0.336 e. The van der Waals surface area contributed by atoms with Gasteiger partial charge in [0.2, 0.25) is 0 Å². The van der Waals surface area contributed by atoms with E-state index in [-0.39, 0.29) is 11.1 Å². The maximum atomic E-state index is 13.5. The summed E-state index contributed by atoms with van der Waals surface area (Å²) in [4.78, 5) is 24.1. The Hall–Kier alpha value is -3.51. The lowest BCUT2D eigenvalue weighted by molar-refractivity contribution is 0.0688. The van der Waals surface area contributed by atoms with Crippen LogP contribution in [0.25, 0.3) is 21.5 Å². The Morgan fingerprint density at radius 3 is 1.32 bits per heavy atom. The van der Waals surface area contributed by atoms with Crippen molar-refractivity contribution in [3.05, 3.63) is 83.9 Å². The highest BCUT2D eigenvalue weighted by molar-refractivity contribution is 7.85. The molecule has 2 N–H and O–H groups in total. The summed E-state index contributed by atoms with van der Waals surface area (Å²) in [7, 11) is -1.78. The SMILES string of the molecule is O=C(O)c1cccc2cccc(S(=O)c3cccc4cccc(C(=O)O)c34)c12. The summed E-state index contributed by atoms with van der Waals surface area (Å²) in [6.07, 6.45) is 0. The van der Waals surface area contributed by atoms with E-state index < -0.39 is 22.7 Å². The number of hydrogen-bond acceptors (Lipinski definition) is 3. The smallest absolute Gasteiger partial charge is 0.336 e. The second kappa shape index (κ2) is 6.90. The van der Waals surface area contributed by atoms with Gasteiger partial charge in [0.05, 0.1) is 31.7 Å². The average Bonchev–Trinajstić information content (AvgIpc) is 2.71. The minimum Gasteiger partial charge on any atom is -0.478 e. The van der Waals surface area contributed by atoms with Gasteiger partial charge in [0.1, 0.15) is 0 Å². The number of carboxylic acid groups (broad SMARTS) is 2. The molecule has 0 saturated carbocycles. The van der Waals surface area contributed by atoms with Crippen molar-refractivity contribution in [1.29, 1.82) is 0 Å². The van der Waals surface area contributed by atoms with Crippen LogP contribution in [0.15, 0.2) is 82.6 Å². The molecule has 0 heterocycles. The molecule has 0 bridgehead atoms. The summed E-state index contributed by atoms with van der Waals surface area (Å²) >= 11 is 0. The highest BCUT2D eigenvalue weighted by Gasteiger charge is 2.20. The van der Waals surface area contributed by atoms with Crippen molar-refractivity contribution in [2.45, 2.75) is 9.79 Å². The van der Waals surface area contributed by atoms with E-state index in [9.17, 15) is 24.0 Å². The average molecular weight is 390 g/mol. The van der Waals surface area contributed by atoms with Crippen LogP contribution in [0.2, 0.25) is 0 Å². The predicted octanol–water partition coefficient (Wildman–Crippen LogP) is 4.56. The minimum atomic E-state index is -1.78. The van der Waals surface area contributed by atoms with Crippen molar-refractivity contribution in [1.82, 2.24) is 0 Å². The molecule has 138 valence electrons. The van der Waals surface area contributed by atoms with Crippen LogP contribution in [-0.2, 0) is 10.8 Å². The summed E-state index contributed by atoms with van der Waals surface area (Å²) in [5, 5.41) is 21.2. The van der Waals surface area contributed by atoms with E-state index in [1.807, 2.05) is 0 Å². The zero-order valence-electron chi connectivity index (χ0n) is 14.5. The second-order valence-corrected chi connectivity index (χ2v) is 7.62. The van der Waals surface area contributed by atoms with Gasteiger partial charge in [-0.05, 0) is 35.0 Å². The molecule has 0 fully saturated rings. The molecule has 0 saturated heterocycles. The summed E-state index contributed by atoms with van der Waals surface area (Å²) in [6, 6.07) is 19.9. The lowest BCUT2D eigenvalue weighted by atomic mass is 10.0. The molecule has 0 radical (unpaired) electrons. The Bertz CT molecular complexity index is 1180. The molecule has 5 nitrogen and oxygen atoms in total. The Labute approximate surface area is 162 Å². The monoisotopic (exact) mass is 390 g/mol. The molecule has 4 aromatic carbocycles. The molecule has 6 heteroatoms. The Morgan fingerprint density at radius 1 is 0.607 bits per heavy atom. The van der Waals surface area contributed by atoms with Gasteiger partial charge in [-0.25, -0.2) is 13.8 Å². The van der Waals surface area contributed by atoms with Gasteiger partial charge >= 0.3 is 11.9 Å². The van der Waals surface area contributed by atoms with E-state index in [0.717, 1.165) is 0 Å². The molecular formula is C22H14O5S. The highest BCUT2D eigenvalue weighted by atomic mass is 32.2. The van der Waals surface area contributed by atoms with Crippen LogP contribution in [0.3, 0.4) is 0 Å². The lowest BCUT2D eigenvalue weighted by Crippen LogP contribution is -2.04. The van der Waals surface area contributed by atoms with Crippen LogP contribution in [-0.4, -0.2) is 26.4 Å². The van der Waals surface area contributed by atoms with Crippen LogP contribution in [0.1, 0.15) is 20.7 Å². The van der Waals surface area contributed by atoms with Crippen LogP contribution in [0.4, 0.5) is 0 Å². The molecule has 0 aliphatic heterocycles. The molecule has 0 spiro atoms. The first-order chi connectivity index (χ1) is 13.5. The lowest BCUT2D eigenvalue weighted by Gasteiger charge is -2.12. The number of hydrogen-bond donors (Lipinski definition) is 2. The number of carbonyl (C=O) groups is 2. The molecule has 0 aliphatic carbocycles. The molecule has 0 amide bonds. The predicted molar refractivity (Wildman–Crippen MR) is 106 cm³/mol. The van der Waals surface area contributed by atoms with Crippen molar-refractivity contribution in [2.75, 3.05) is 0 Å². The third-order valence-electron chi connectivity index (χ3n) is 4.59. The first kappa shape index (κ1) is 17.9. The Kier molecular flexibility index (Phi) is 4.41.